The van der Waals surface area contributed by atoms with Gasteiger partial charge in [0, 0.05) is 0 Å². The molecule has 0 saturated heterocycles. The van der Waals surface area contributed by atoms with Gasteiger partial charge < -0.3 is 9.47 Å². The highest BCUT2D eigenvalue weighted by Gasteiger charge is 2.13. The van der Waals surface area contributed by atoms with Crippen LogP contribution in [0.2, 0.25) is 0 Å². The normalized spacial score (nSPS) is 11.3. The molecule has 0 aliphatic carbocycles. The highest BCUT2D eigenvalue weighted by molar-refractivity contribution is 5.79. The first-order chi connectivity index (χ1) is 10.1. The smallest absolute Gasteiger partial charge is 0.311 e. The van der Waals surface area contributed by atoms with Gasteiger partial charge in [-0.25, -0.2) is 0 Å². The van der Waals surface area contributed by atoms with Gasteiger partial charge in [0.05, 0.1) is 12.8 Å². The monoisotopic (exact) mass is 288 g/mol. The van der Waals surface area contributed by atoms with Crippen molar-refractivity contribution in [2.45, 2.75) is 45.6 Å². The van der Waals surface area contributed by atoms with E-state index < -0.39 is 18.0 Å². The average molecular weight is 288 g/mol. The highest BCUT2D eigenvalue weighted by atomic mass is 16.5. The van der Waals surface area contributed by atoms with Crippen LogP contribution in [-0.2, 0) is 20.7 Å². The quantitative estimate of drug-likeness (QED) is 0.440. The van der Waals surface area contributed by atoms with Crippen molar-refractivity contribution in [2.24, 2.45) is 0 Å². The zero-order valence-corrected chi connectivity index (χ0v) is 12.4. The summed E-state index contributed by atoms with van der Waals surface area (Å²) in [5.74, 6) is 1.88. The number of carbonyl (C=O) groups is 2. The molecule has 1 unspecified atom stereocenters. The standard InChI is InChI=1S/C17H20O4/c1-4-8-14-9-6-7-10-15(14)21-17(19)12-11-16(18)20-13(3)5-2/h2,6-7,9-10,13H,4,8,11-12H2,1,3H3. The fraction of sp³-hybridized carbons (Fsp3) is 0.412. The molecule has 1 rings (SSSR count). The lowest BCUT2D eigenvalue weighted by molar-refractivity contribution is -0.148. The third-order valence-electron chi connectivity index (χ3n) is 2.79. The molecule has 4 heteroatoms. The number of para-hydroxylation sites is 1. The third-order valence-corrected chi connectivity index (χ3v) is 2.79. The molecule has 0 aromatic heterocycles. The van der Waals surface area contributed by atoms with Gasteiger partial charge in [-0.1, -0.05) is 37.5 Å². The van der Waals surface area contributed by atoms with Crippen molar-refractivity contribution in [2.75, 3.05) is 0 Å². The Bertz CT molecular complexity index is 528. The lowest BCUT2D eigenvalue weighted by Gasteiger charge is -2.10. The molecule has 0 heterocycles. The molecule has 1 aromatic carbocycles. The van der Waals surface area contributed by atoms with E-state index in [1.54, 1.807) is 13.0 Å². The molecule has 1 atom stereocenters. The Labute approximate surface area is 125 Å². The van der Waals surface area contributed by atoms with Crippen molar-refractivity contribution in [3.05, 3.63) is 29.8 Å². The molecular formula is C17H20O4. The molecule has 21 heavy (non-hydrogen) atoms. The minimum absolute atomic E-state index is 0.0312. The summed E-state index contributed by atoms with van der Waals surface area (Å²) in [6.45, 7) is 3.65. The van der Waals surface area contributed by atoms with Crippen molar-refractivity contribution in [3.8, 4) is 18.1 Å². The maximum atomic E-state index is 11.8. The Hall–Kier alpha value is -2.28. The Morgan fingerprint density at radius 3 is 2.57 bits per heavy atom. The highest BCUT2D eigenvalue weighted by Crippen LogP contribution is 2.20. The van der Waals surface area contributed by atoms with Crippen molar-refractivity contribution in [3.63, 3.8) is 0 Å². The third kappa shape index (κ3) is 6.13. The van der Waals surface area contributed by atoms with Crippen molar-refractivity contribution in [1.29, 1.82) is 0 Å². The van der Waals surface area contributed by atoms with Crippen LogP contribution >= 0.6 is 0 Å². The van der Waals surface area contributed by atoms with Crippen LogP contribution < -0.4 is 4.74 Å². The number of terminal acetylenes is 1. The molecule has 0 aliphatic rings. The van der Waals surface area contributed by atoms with E-state index in [0.717, 1.165) is 18.4 Å². The first-order valence-electron chi connectivity index (χ1n) is 7.01. The molecule has 0 radical (unpaired) electrons. The summed E-state index contributed by atoms with van der Waals surface area (Å²) < 4.78 is 10.2. The fourth-order valence-electron chi connectivity index (χ4n) is 1.75. The van der Waals surface area contributed by atoms with Crippen molar-refractivity contribution in [1.82, 2.24) is 0 Å². The average Bonchev–Trinajstić information content (AvgIpc) is 2.47. The number of hydrogen-bond donors (Lipinski definition) is 0. The van der Waals surface area contributed by atoms with Crippen LogP contribution in [0.5, 0.6) is 5.75 Å². The van der Waals surface area contributed by atoms with E-state index in [1.807, 2.05) is 18.2 Å². The summed E-state index contributed by atoms with van der Waals surface area (Å²) >= 11 is 0. The summed E-state index contributed by atoms with van der Waals surface area (Å²) in [4.78, 5) is 23.2. The molecule has 0 aliphatic heterocycles. The van der Waals surface area contributed by atoms with Crippen LogP contribution in [0.1, 0.15) is 38.7 Å². The van der Waals surface area contributed by atoms with Gasteiger partial charge >= 0.3 is 11.9 Å². The number of rotatable bonds is 7. The van der Waals surface area contributed by atoms with E-state index >= 15 is 0 Å². The molecule has 112 valence electrons. The number of esters is 2. The minimum atomic E-state index is -0.584. The summed E-state index contributed by atoms with van der Waals surface area (Å²) in [7, 11) is 0. The summed E-state index contributed by atoms with van der Waals surface area (Å²) in [5.41, 5.74) is 0.983. The largest absolute Gasteiger partial charge is 0.449 e. The van der Waals surface area contributed by atoms with E-state index in [2.05, 4.69) is 12.8 Å². The second-order valence-electron chi connectivity index (χ2n) is 4.63. The molecule has 0 amide bonds. The minimum Gasteiger partial charge on any atom is -0.449 e. The number of hydrogen-bond acceptors (Lipinski definition) is 4. The predicted molar refractivity (Wildman–Crippen MR) is 79.7 cm³/mol. The molecule has 0 spiro atoms. The van der Waals surface area contributed by atoms with Crippen LogP contribution in [0.3, 0.4) is 0 Å². The van der Waals surface area contributed by atoms with E-state index in [9.17, 15) is 9.59 Å². The zero-order chi connectivity index (χ0) is 15.7. The van der Waals surface area contributed by atoms with Crippen LogP contribution in [0.25, 0.3) is 0 Å². The SMILES string of the molecule is C#CC(C)OC(=O)CCC(=O)Oc1ccccc1CCC. The summed E-state index contributed by atoms with van der Waals surface area (Å²) in [6, 6.07) is 7.39. The topological polar surface area (TPSA) is 52.6 Å². The van der Waals surface area contributed by atoms with Gasteiger partial charge in [0.25, 0.3) is 0 Å². The summed E-state index contributed by atoms with van der Waals surface area (Å²) in [6.07, 6.45) is 6.25. The molecular weight excluding hydrogens is 268 g/mol. The molecule has 0 N–H and O–H groups in total. The van der Waals surface area contributed by atoms with E-state index in [4.69, 9.17) is 15.9 Å². The van der Waals surface area contributed by atoms with Crippen LogP contribution in [-0.4, -0.2) is 18.0 Å². The first-order valence-corrected chi connectivity index (χ1v) is 7.01. The second-order valence-corrected chi connectivity index (χ2v) is 4.63. The zero-order valence-electron chi connectivity index (χ0n) is 12.4. The molecule has 0 bridgehead atoms. The van der Waals surface area contributed by atoms with Gasteiger partial charge in [-0.05, 0) is 25.0 Å². The second kappa shape index (κ2) is 8.80. The maximum absolute atomic E-state index is 11.8. The number of carbonyl (C=O) groups excluding carboxylic acids is 2. The number of aryl methyl sites for hydroxylation is 1. The predicted octanol–water partition coefficient (Wildman–Crippen LogP) is 2.89. The van der Waals surface area contributed by atoms with Crippen molar-refractivity contribution >= 4 is 11.9 Å². The van der Waals surface area contributed by atoms with E-state index in [0.29, 0.717) is 5.75 Å². The summed E-state index contributed by atoms with van der Waals surface area (Å²) in [5, 5.41) is 0. The van der Waals surface area contributed by atoms with Crippen molar-refractivity contribution < 1.29 is 19.1 Å². The number of benzene rings is 1. The lowest BCUT2D eigenvalue weighted by atomic mass is 10.1. The van der Waals surface area contributed by atoms with Gasteiger partial charge in [0.1, 0.15) is 5.75 Å². The Morgan fingerprint density at radius 1 is 1.24 bits per heavy atom. The van der Waals surface area contributed by atoms with Gasteiger partial charge in [-0.15, -0.1) is 6.42 Å². The van der Waals surface area contributed by atoms with Crippen LogP contribution in [0.4, 0.5) is 0 Å². The fourth-order valence-corrected chi connectivity index (χ4v) is 1.75. The van der Waals surface area contributed by atoms with E-state index in [-0.39, 0.29) is 12.8 Å². The molecule has 1 aromatic rings. The van der Waals surface area contributed by atoms with Gasteiger partial charge in [0.2, 0.25) is 0 Å². The first kappa shape index (κ1) is 16.8. The van der Waals surface area contributed by atoms with Gasteiger partial charge in [0.15, 0.2) is 6.10 Å². The van der Waals surface area contributed by atoms with Crippen LogP contribution in [0, 0.1) is 12.3 Å². The Balaban J connectivity index is 2.48. The molecule has 4 nitrogen and oxygen atoms in total. The van der Waals surface area contributed by atoms with E-state index in [1.165, 1.54) is 0 Å². The maximum Gasteiger partial charge on any atom is 0.311 e. The van der Waals surface area contributed by atoms with Gasteiger partial charge in [-0.2, -0.15) is 0 Å². The Kier molecular flexibility index (Phi) is 7.03. The molecule has 0 saturated carbocycles. The van der Waals surface area contributed by atoms with Gasteiger partial charge in [-0.3, -0.25) is 9.59 Å². The van der Waals surface area contributed by atoms with Crippen LogP contribution in [0.15, 0.2) is 24.3 Å². The Morgan fingerprint density at radius 2 is 1.90 bits per heavy atom. The lowest BCUT2D eigenvalue weighted by Crippen LogP contribution is -2.16. The number of ether oxygens (including phenoxy) is 2. The molecule has 0 fully saturated rings.